The lowest BCUT2D eigenvalue weighted by Gasteiger charge is -2.16. The van der Waals surface area contributed by atoms with Gasteiger partial charge in [0, 0.05) is 10.9 Å². The smallest absolute Gasteiger partial charge is 0.417 e. The van der Waals surface area contributed by atoms with E-state index in [2.05, 4.69) is 13.2 Å². The molecule has 23 heavy (non-hydrogen) atoms. The topological polar surface area (TPSA) is 39.4 Å². The summed E-state index contributed by atoms with van der Waals surface area (Å²) in [5.41, 5.74) is -2.25. The second-order valence-corrected chi connectivity index (χ2v) is 4.90. The van der Waals surface area contributed by atoms with Gasteiger partial charge in [0.1, 0.15) is 17.9 Å². The lowest BCUT2D eigenvalue weighted by Crippen LogP contribution is -2.18. The number of hydrogen-bond donors (Lipinski definition) is 0. The standard InChI is InChI=1S/C17H15F3O3/c1-4-6-12-14(17(18,19)20)11-7-8-13(22-9-5-2)10(3)15(11)23-16(12)21/h4-5,7-8H,1-2,6,9H2,3H3. The van der Waals surface area contributed by atoms with Crippen LogP contribution < -0.4 is 10.4 Å². The fraction of sp³-hybridized carbons (Fsp3) is 0.235. The first-order valence-electron chi connectivity index (χ1n) is 6.82. The minimum Gasteiger partial charge on any atom is -0.489 e. The number of aryl methyl sites for hydroxylation is 1. The fourth-order valence-electron chi connectivity index (χ4n) is 2.38. The fourth-order valence-corrected chi connectivity index (χ4v) is 2.38. The summed E-state index contributed by atoms with van der Waals surface area (Å²) in [7, 11) is 0. The van der Waals surface area contributed by atoms with Crippen LogP contribution in [0.3, 0.4) is 0 Å². The summed E-state index contributed by atoms with van der Waals surface area (Å²) >= 11 is 0. The summed E-state index contributed by atoms with van der Waals surface area (Å²) in [6, 6.07) is 2.67. The van der Waals surface area contributed by atoms with E-state index < -0.39 is 22.9 Å². The lowest BCUT2D eigenvalue weighted by molar-refractivity contribution is -0.137. The third-order valence-corrected chi connectivity index (χ3v) is 3.36. The second-order valence-electron chi connectivity index (χ2n) is 4.90. The number of fused-ring (bicyclic) bond motifs is 1. The molecule has 1 aromatic heterocycles. The highest BCUT2D eigenvalue weighted by Gasteiger charge is 2.37. The molecule has 0 saturated carbocycles. The van der Waals surface area contributed by atoms with Crippen molar-refractivity contribution in [2.75, 3.05) is 6.61 Å². The highest BCUT2D eigenvalue weighted by molar-refractivity contribution is 5.86. The van der Waals surface area contributed by atoms with E-state index in [1.807, 2.05) is 0 Å². The van der Waals surface area contributed by atoms with Crippen LogP contribution in [0.1, 0.15) is 16.7 Å². The average molecular weight is 324 g/mol. The average Bonchev–Trinajstić information content (AvgIpc) is 2.47. The van der Waals surface area contributed by atoms with Crippen LogP contribution in [0, 0.1) is 6.92 Å². The van der Waals surface area contributed by atoms with E-state index >= 15 is 0 Å². The van der Waals surface area contributed by atoms with Crippen molar-refractivity contribution in [1.29, 1.82) is 0 Å². The van der Waals surface area contributed by atoms with Crippen molar-refractivity contribution >= 4 is 11.0 Å². The Morgan fingerprint density at radius 3 is 2.52 bits per heavy atom. The van der Waals surface area contributed by atoms with Gasteiger partial charge < -0.3 is 9.15 Å². The van der Waals surface area contributed by atoms with E-state index in [1.54, 1.807) is 0 Å². The Kier molecular flexibility index (Phi) is 4.63. The molecule has 0 fully saturated rings. The summed E-state index contributed by atoms with van der Waals surface area (Å²) < 4.78 is 50.9. The summed E-state index contributed by atoms with van der Waals surface area (Å²) in [4.78, 5) is 12.0. The van der Waals surface area contributed by atoms with Crippen molar-refractivity contribution in [3.63, 3.8) is 0 Å². The van der Waals surface area contributed by atoms with Gasteiger partial charge in [-0.25, -0.2) is 4.79 Å². The largest absolute Gasteiger partial charge is 0.489 e. The van der Waals surface area contributed by atoms with Crippen molar-refractivity contribution in [2.45, 2.75) is 19.5 Å². The van der Waals surface area contributed by atoms with Gasteiger partial charge in [-0.05, 0) is 25.5 Å². The molecular formula is C17H15F3O3. The van der Waals surface area contributed by atoms with E-state index in [4.69, 9.17) is 9.15 Å². The second kappa shape index (κ2) is 6.32. The molecular weight excluding hydrogens is 309 g/mol. The zero-order valence-electron chi connectivity index (χ0n) is 12.5. The maximum absolute atomic E-state index is 13.5. The molecule has 0 aliphatic rings. The molecule has 0 amide bonds. The van der Waals surface area contributed by atoms with Crippen molar-refractivity contribution in [1.82, 2.24) is 0 Å². The van der Waals surface area contributed by atoms with Gasteiger partial charge in [-0.3, -0.25) is 0 Å². The number of ether oxygens (including phenoxy) is 1. The molecule has 0 unspecified atom stereocenters. The molecule has 0 N–H and O–H groups in total. The Bertz CT molecular complexity index is 816. The van der Waals surface area contributed by atoms with Gasteiger partial charge in [0.15, 0.2) is 0 Å². The van der Waals surface area contributed by atoms with Gasteiger partial charge in [0.05, 0.1) is 11.1 Å². The summed E-state index contributed by atoms with van der Waals surface area (Å²) in [6.07, 6.45) is -2.15. The molecule has 1 heterocycles. The monoisotopic (exact) mass is 324 g/mol. The molecule has 0 aliphatic carbocycles. The molecule has 0 bridgehead atoms. The molecule has 2 rings (SSSR count). The van der Waals surface area contributed by atoms with Crippen LogP contribution in [0.15, 0.2) is 46.7 Å². The molecule has 122 valence electrons. The molecule has 1 aromatic carbocycles. The van der Waals surface area contributed by atoms with E-state index in [9.17, 15) is 18.0 Å². The SMILES string of the molecule is C=CCOc1ccc2c(C(F)(F)F)c(CC=C)c(=O)oc2c1C. The maximum atomic E-state index is 13.5. The summed E-state index contributed by atoms with van der Waals surface area (Å²) in [5.74, 6) is 0.338. The molecule has 0 aliphatic heterocycles. The Labute approximate surface area is 130 Å². The van der Waals surface area contributed by atoms with Crippen LogP contribution >= 0.6 is 0 Å². The Balaban J connectivity index is 2.84. The van der Waals surface area contributed by atoms with Crippen molar-refractivity contribution < 1.29 is 22.3 Å². The Morgan fingerprint density at radius 1 is 1.26 bits per heavy atom. The van der Waals surface area contributed by atoms with Crippen molar-refractivity contribution in [2.24, 2.45) is 0 Å². The number of alkyl halides is 3. The Hall–Kier alpha value is -2.50. The third kappa shape index (κ3) is 3.16. The summed E-state index contributed by atoms with van der Waals surface area (Å²) in [6.45, 7) is 8.62. The van der Waals surface area contributed by atoms with Crippen molar-refractivity contribution in [3.8, 4) is 5.75 Å². The summed E-state index contributed by atoms with van der Waals surface area (Å²) in [5, 5.41) is -0.169. The quantitative estimate of drug-likeness (QED) is 0.604. The normalized spacial score (nSPS) is 11.5. The van der Waals surface area contributed by atoms with E-state index in [-0.39, 0.29) is 24.0 Å². The van der Waals surface area contributed by atoms with Gasteiger partial charge in [-0.2, -0.15) is 13.2 Å². The number of hydrogen-bond acceptors (Lipinski definition) is 3. The van der Waals surface area contributed by atoms with Gasteiger partial charge in [-0.15, -0.1) is 6.58 Å². The van der Waals surface area contributed by atoms with Gasteiger partial charge in [0.25, 0.3) is 0 Å². The maximum Gasteiger partial charge on any atom is 0.417 e. The first kappa shape index (κ1) is 16.9. The highest BCUT2D eigenvalue weighted by Crippen LogP contribution is 2.39. The van der Waals surface area contributed by atoms with Crippen LogP contribution in [0.5, 0.6) is 5.75 Å². The van der Waals surface area contributed by atoms with E-state index in [0.29, 0.717) is 11.3 Å². The van der Waals surface area contributed by atoms with Crippen LogP contribution in [0.2, 0.25) is 0 Å². The molecule has 6 heteroatoms. The van der Waals surface area contributed by atoms with Crippen LogP contribution in [0.4, 0.5) is 13.2 Å². The number of allylic oxidation sites excluding steroid dienone is 1. The minimum atomic E-state index is -4.68. The molecule has 0 radical (unpaired) electrons. The molecule has 0 atom stereocenters. The van der Waals surface area contributed by atoms with Gasteiger partial charge in [0.2, 0.25) is 0 Å². The van der Waals surface area contributed by atoms with Gasteiger partial charge >= 0.3 is 11.8 Å². The first-order valence-corrected chi connectivity index (χ1v) is 6.82. The zero-order chi connectivity index (χ0) is 17.2. The Morgan fingerprint density at radius 2 is 1.96 bits per heavy atom. The zero-order valence-corrected chi connectivity index (χ0v) is 12.5. The molecule has 3 nitrogen and oxygen atoms in total. The minimum absolute atomic E-state index is 0.128. The van der Waals surface area contributed by atoms with Crippen LogP contribution in [0.25, 0.3) is 11.0 Å². The highest BCUT2D eigenvalue weighted by atomic mass is 19.4. The van der Waals surface area contributed by atoms with Crippen LogP contribution in [-0.4, -0.2) is 6.61 Å². The molecule has 0 saturated heterocycles. The third-order valence-electron chi connectivity index (χ3n) is 3.36. The predicted octanol–water partition coefficient (Wildman–Crippen LogP) is 4.41. The van der Waals surface area contributed by atoms with Crippen LogP contribution in [-0.2, 0) is 12.6 Å². The lowest BCUT2D eigenvalue weighted by atomic mass is 9.99. The predicted molar refractivity (Wildman–Crippen MR) is 81.8 cm³/mol. The van der Waals surface area contributed by atoms with Gasteiger partial charge in [-0.1, -0.05) is 18.7 Å². The van der Waals surface area contributed by atoms with E-state index in [1.165, 1.54) is 31.2 Å². The number of rotatable bonds is 5. The van der Waals surface area contributed by atoms with E-state index in [0.717, 1.165) is 0 Å². The first-order chi connectivity index (χ1) is 10.8. The molecule has 0 spiro atoms. The molecule has 2 aromatic rings. The number of benzene rings is 1. The van der Waals surface area contributed by atoms with Crippen molar-refractivity contribution in [3.05, 3.63) is 64.6 Å². The number of halogens is 3.